The van der Waals surface area contributed by atoms with E-state index in [0.29, 0.717) is 5.92 Å². The lowest BCUT2D eigenvalue weighted by Gasteiger charge is -2.17. The van der Waals surface area contributed by atoms with Gasteiger partial charge in [-0.15, -0.1) is 0 Å². The Morgan fingerprint density at radius 1 is 1.00 bits per heavy atom. The minimum atomic E-state index is 0.0997. The van der Waals surface area contributed by atoms with Gasteiger partial charge in [-0.05, 0) is 5.92 Å². The highest BCUT2D eigenvalue weighted by molar-refractivity contribution is 5.12. The summed E-state index contributed by atoms with van der Waals surface area (Å²) in [5.41, 5.74) is 2.22. The van der Waals surface area contributed by atoms with Crippen LogP contribution in [0.4, 0.5) is 0 Å². The molecule has 0 saturated carbocycles. The molecule has 0 aliphatic heterocycles. The first-order chi connectivity index (χ1) is 6.91. The van der Waals surface area contributed by atoms with Crippen LogP contribution in [0.15, 0.2) is 12.4 Å². The van der Waals surface area contributed by atoms with E-state index in [9.17, 15) is 0 Å². The molecule has 0 aliphatic rings. The van der Waals surface area contributed by atoms with Gasteiger partial charge in [-0.3, -0.25) is 9.97 Å². The van der Waals surface area contributed by atoms with Crippen molar-refractivity contribution in [3.05, 3.63) is 23.8 Å². The Balaban J connectivity index is 0.000000921. The molecule has 15 heavy (non-hydrogen) atoms. The average molecular weight is 208 g/mol. The van der Waals surface area contributed by atoms with Gasteiger partial charge in [0, 0.05) is 17.8 Å². The van der Waals surface area contributed by atoms with Gasteiger partial charge < -0.3 is 0 Å². The van der Waals surface area contributed by atoms with E-state index in [4.69, 9.17) is 0 Å². The Labute approximate surface area is 94.2 Å². The molecule has 0 unspecified atom stereocenters. The van der Waals surface area contributed by atoms with Crippen molar-refractivity contribution >= 4 is 0 Å². The van der Waals surface area contributed by atoms with Crippen LogP contribution < -0.4 is 0 Å². The van der Waals surface area contributed by atoms with E-state index in [1.54, 1.807) is 0 Å². The summed E-state index contributed by atoms with van der Waals surface area (Å²) in [6, 6.07) is 0. The SMILES string of the molecule is CC.CC(C)c1cnc(C(C)(C)C)cn1. The van der Waals surface area contributed by atoms with E-state index in [1.807, 2.05) is 26.2 Å². The maximum Gasteiger partial charge on any atom is 0.0640 e. The maximum atomic E-state index is 4.41. The molecule has 1 aromatic rings. The van der Waals surface area contributed by atoms with Gasteiger partial charge in [-0.2, -0.15) is 0 Å². The van der Waals surface area contributed by atoms with Crippen LogP contribution in [0.1, 0.15) is 65.8 Å². The van der Waals surface area contributed by atoms with Crippen LogP contribution in [0.25, 0.3) is 0 Å². The Bertz CT molecular complexity index is 268. The smallest absolute Gasteiger partial charge is 0.0640 e. The number of hydrogen-bond donors (Lipinski definition) is 0. The third kappa shape index (κ3) is 4.41. The lowest BCUT2D eigenvalue weighted by atomic mass is 9.92. The summed E-state index contributed by atoms with van der Waals surface area (Å²) in [6.45, 7) is 14.7. The van der Waals surface area contributed by atoms with Gasteiger partial charge in [-0.1, -0.05) is 48.5 Å². The maximum absolute atomic E-state index is 4.41. The van der Waals surface area contributed by atoms with E-state index < -0.39 is 0 Å². The minimum Gasteiger partial charge on any atom is -0.258 e. The van der Waals surface area contributed by atoms with Gasteiger partial charge in [0.25, 0.3) is 0 Å². The molecule has 86 valence electrons. The Morgan fingerprint density at radius 2 is 1.53 bits per heavy atom. The monoisotopic (exact) mass is 208 g/mol. The van der Waals surface area contributed by atoms with Gasteiger partial charge >= 0.3 is 0 Å². The van der Waals surface area contributed by atoms with Crippen LogP contribution in [0, 0.1) is 0 Å². The van der Waals surface area contributed by atoms with Crippen LogP contribution in [0.3, 0.4) is 0 Å². The molecule has 1 aromatic heterocycles. The Morgan fingerprint density at radius 3 is 1.80 bits per heavy atom. The third-order valence-electron chi connectivity index (χ3n) is 2.03. The molecule has 0 fully saturated rings. The van der Waals surface area contributed by atoms with E-state index >= 15 is 0 Å². The molecule has 0 spiro atoms. The lowest BCUT2D eigenvalue weighted by molar-refractivity contribution is 0.562. The zero-order chi connectivity index (χ0) is 12.1. The zero-order valence-corrected chi connectivity index (χ0v) is 11.1. The molecule has 0 N–H and O–H groups in total. The van der Waals surface area contributed by atoms with Crippen molar-refractivity contribution in [2.45, 2.75) is 59.8 Å². The largest absolute Gasteiger partial charge is 0.258 e. The normalized spacial score (nSPS) is 10.9. The number of rotatable bonds is 1. The Hall–Kier alpha value is -0.920. The fourth-order valence-corrected chi connectivity index (χ4v) is 1.02. The van der Waals surface area contributed by atoms with Crippen molar-refractivity contribution in [2.75, 3.05) is 0 Å². The van der Waals surface area contributed by atoms with E-state index in [-0.39, 0.29) is 5.41 Å². The number of nitrogens with zero attached hydrogens (tertiary/aromatic N) is 2. The minimum absolute atomic E-state index is 0.0997. The molecule has 0 amide bonds. The van der Waals surface area contributed by atoms with Crippen LogP contribution in [0.2, 0.25) is 0 Å². The van der Waals surface area contributed by atoms with Crippen LogP contribution in [-0.4, -0.2) is 9.97 Å². The predicted molar refractivity (Wildman–Crippen MR) is 66.2 cm³/mol. The summed E-state index contributed by atoms with van der Waals surface area (Å²) in [5.74, 6) is 0.460. The fraction of sp³-hybridized carbons (Fsp3) is 0.692. The van der Waals surface area contributed by atoms with E-state index in [2.05, 4.69) is 44.6 Å². The summed E-state index contributed by atoms with van der Waals surface area (Å²) in [6.07, 6.45) is 3.76. The van der Waals surface area contributed by atoms with Crippen molar-refractivity contribution in [1.29, 1.82) is 0 Å². The lowest BCUT2D eigenvalue weighted by Crippen LogP contribution is -2.14. The molecule has 0 aromatic carbocycles. The predicted octanol–water partition coefficient (Wildman–Crippen LogP) is 3.92. The number of hydrogen-bond acceptors (Lipinski definition) is 2. The van der Waals surface area contributed by atoms with Crippen molar-refractivity contribution in [3.8, 4) is 0 Å². The molecule has 2 nitrogen and oxygen atoms in total. The first kappa shape index (κ1) is 14.1. The first-order valence-electron chi connectivity index (χ1n) is 5.73. The highest BCUT2D eigenvalue weighted by atomic mass is 14.8. The standard InChI is InChI=1S/C11H18N2.C2H6/c1-8(2)9-6-13-10(7-12-9)11(3,4)5;1-2/h6-8H,1-5H3;1-2H3. The summed E-state index contributed by atoms with van der Waals surface area (Å²) < 4.78 is 0. The first-order valence-corrected chi connectivity index (χ1v) is 5.73. The van der Waals surface area contributed by atoms with Crippen molar-refractivity contribution in [3.63, 3.8) is 0 Å². The van der Waals surface area contributed by atoms with Gasteiger partial charge in [0.2, 0.25) is 0 Å². The summed E-state index contributed by atoms with van der Waals surface area (Å²) in [5, 5.41) is 0. The average Bonchev–Trinajstić information content (AvgIpc) is 2.20. The zero-order valence-electron chi connectivity index (χ0n) is 11.1. The quantitative estimate of drug-likeness (QED) is 0.699. The Kier molecular flexibility index (Phi) is 5.48. The molecule has 0 aliphatic carbocycles. The molecule has 0 atom stereocenters. The molecular formula is C13H24N2. The van der Waals surface area contributed by atoms with Crippen molar-refractivity contribution < 1.29 is 0 Å². The van der Waals surface area contributed by atoms with Gasteiger partial charge in [0.1, 0.15) is 0 Å². The van der Waals surface area contributed by atoms with E-state index in [0.717, 1.165) is 11.4 Å². The molecule has 0 saturated heterocycles. The summed E-state index contributed by atoms with van der Waals surface area (Å²) in [7, 11) is 0. The molecule has 2 heteroatoms. The summed E-state index contributed by atoms with van der Waals surface area (Å²) in [4.78, 5) is 8.79. The third-order valence-corrected chi connectivity index (χ3v) is 2.03. The highest BCUT2D eigenvalue weighted by Gasteiger charge is 2.15. The molecule has 0 radical (unpaired) electrons. The molecule has 1 rings (SSSR count). The van der Waals surface area contributed by atoms with Gasteiger partial charge in [-0.25, -0.2) is 0 Å². The number of aromatic nitrogens is 2. The van der Waals surface area contributed by atoms with Crippen LogP contribution >= 0.6 is 0 Å². The van der Waals surface area contributed by atoms with E-state index in [1.165, 1.54) is 0 Å². The van der Waals surface area contributed by atoms with Crippen molar-refractivity contribution in [2.24, 2.45) is 0 Å². The highest BCUT2D eigenvalue weighted by Crippen LogP contribution is 2.19. The van der Waals surface area contributed by atoms with Gasteiger partial charge in [0.15, 0.2) is 0 Å². The second kappa shape index (κ2) is 5.84. The van der Waals surface area contributed by atoms with Crippen LogP contribution in [0.5, 0.6) is 0 Å². The van der Waals surface area contributed by atoms with Crippen LogP contribution in [-0.2, 0) is 5.41 Å². The molecule has 1 heterocycles. The summed E-state index contributed by atoms with van der Waals surface area (Å²) >= 11 is 0. The molecule has 0 bridgehead atoms. The fourth-order valence-electron chi connectivity index (χ4n) is 1.02. The topological polar surface area (TPSA) is 25.8 Å². The second-order valence-corrected chi connectivity index (χ2v) is 4.73. The second-order valence-electron chi connectivity index (χ2n) is 4.73. The molecular weight excluding hydrogens is 184 g/mol. The van der Waals surface area contributed by atoms with Crippen molar-refractivity contribution in [1.82, 2.24) is 9.97 Å². The van der Waals surface area contributed by atoms with Gasteiger partial charge in [0.05, 0.1) is 11.4 Å².